The van der Waals surface area contributed by atoms with Gasteiger partial charge in [0.05, 0.1) is 19.3 Å². The first-order valence-electron chi connectivity index (χ1n) is 6.91. The van der Waals surface area contributed by atoms with Gasteiger partial charge in [-0.05, 0) is 33.2 Å². The Bertz CT molecular complexity index is 248. The molecule has 1 heterocycles. The van der Waals surface area contributed by atoms with Gasteiger partial charge in [0.2, 0.25) is 0 Å². The smallest absolute Gasteiger partial charge is 0.323 e. The summed E-state index contributed by atoms with van der Waals surface area (Å²) in [5, 5.41) is 0. The van der Waals surface area contributed by atoms with Gasteiger partial charge in [-0.1, -0.05) is 6.42 Å². The summed E-state index contributed by atoms with van der Waals surface area (Å²) < 4.78 is 10.7. The SMILES string of the molecule is CCOC(=O)C1CCCCN1CCOC(C)CN. The molecule has 0 spiro atoms. The van der Waals surface area contributed by atoms with E-state index in [1.165, 1.54) is 0 Å². The summed E-state index contributed by atoms with van der Waals surface area (Å²) in [6, 6.07) is -0.0875. The highest BCUT2D eigenvalue weighted by atomic mass is 16.5. The predicted octanol–water partition coefficient (Wildman–Crippen LogP) is 0.768. The van der Waals surface area contributed by atoms with Crippen molar-refractivity contribution < 1.29 is 14.3 Å². The third-order valence-electron chi connectivity index (χ3n) is 3.29. The van der Waals surface area contributed by atoms with E-state index < -0.39 is 0 Å². The van der Waals surface area contributed by atoms with Crippen LogP contribution in [0, 0.1) is 0 Å². The molecule has 2 unspecified atom stereocenters. The lowest BCUT2D eigenvalue weighted by Crippen LogP contribution is -2.47. The van der Waals surface area contributed by atoms with Crippen LogP contribution in [0.3, 0.4) is 0 Å². The van der Waals surface area contributed by atoms with E-state index in [0.717, 1.165) is 32.4 Å². The molecule has 1 rings (SSSR count). The average Bonchev–Trinajstić information content (AvgIpc) is 2.39. The summed E-state index contributed by atoms with van der Waals surface area (Å²) in [7, 11) is 0. The molecule has 0 aromatic rings. The zero-order chi connectivity index (χ0) is 13.4. The van der Waals surface area contributed by atoms with E-state index in [2.05, 4.69) is 4.90 Å². The van der Waals surface area contributed by atoms with E-state index in [4.69, 9.17) is 15.2 Å². The summed E-state index contributed by atoms with van der Waals surface area (Å²) in [6.45, 7) is 7.12. The fourth-order valence-electron chi connectivity index (χ4n) is 2.20. The van der Waals surface area contributed by atoms with Crippen molar-refractivity contribution in [3.8, 4) is 0 Å². The van der Waals surface area contributed by atoms with E-state index in [0.29, 0.717) is 19.8 Å². The van der Waals surface area contributed by atoms with Crippen LogP contribution in [0.1, 0.15) is 33.1 Å². The minimum absolute atomic E-state index is 0.0795. The first-order chi connectivity index (χ1) is 8.69. The Morgan fingerprint density at radius 1 is 1.50 bits per heavy atom. The fourth-order valence-corrected chi connectivity index (χ4v) is 2.20. The number of hydrogen-bond donors (Lipinski definition) is 1. The van der Waals surface area contributed by atoms with Crippen LogP contribution in [0.2, 0.25) is 0 Å². The largest absolute Gasteiger partial charge is 0.465 e. The highest BCUT2D eigenvalue weighted by molar-refractivity contribution is 5.75. The second-order valence-electron chi connectivity index (χ2n) is 4.72. The third kappa shape index (κ3) is 4.92. The predicted molar refractivity (Wildman–Crippen MR) is 70.3 cm³/mol. The lowest BCUT2D eigenvalue weighted by atomic mass is 10.0. The molecule has 0 saturated carbocycles. The number of carbonyl (C=O) groups is 1. The van der Waals surface area contributed by atoms with Gasteiger partial charge in [-0.2, -0.15) is 0 Å². The van der Waals surface area contributed by atoms with Crippen molar-refractivity contribution in [2.24, 2.45) is 5.73 Å². The van der Waals surface area contributed by atoms with Gasteiger partial charge >= 0.3 is 5.97 Å². The van der Waals surface area contributed by atoms with Crippen molar-refractivity contribution in [2.75, 3.05) is 32.8 Å². The molecule has 1 aliphatic rings. The van der Waals surface area contributed by atoms with Gasteiger partial charge < -0.3 is 15.2 Å². The Balaban J connectivity index is 2.37. The third-order valence-corrected chi connectivity index (χ3v) is 3.29. The topological polar surface area (TPSA) is 64.8 Å². The molecule has 2 N–H and O–H groups in total. The second kappa shape index (κ2) is 8.45. The number of hydrogen-bond acceptors (Lipinski definition) is 5. The summed E-state index contributed by atoms with van der Waals surface area (Å²) in [6.07, 6.45) is 3.21. The van der Waals surface area contributed by atoms with Crippen LogP contribution >= 0.6 is 0 Å². The average molecular weight is 258 g/mol. The van der Waals surface area contributed by atoms with Crippen LogP contribution in [-0.4, -0.2) is 55.9 Å². The lowest BCUT2D eigenvalue weighted by Gasteiger charge is -2.33. The van der Waals surface area contributed by atoms with Gasteiger partial charge in [0.15, 0.2) is 0 Å². The quantitative estimate of drug-likeness (QED) is 0.683. The fraction of sp³-hybridized carbons (Fsp3) is 0.923. The van der Waals surface area contributed by atoms with Crippen molar-refractivity contribution >= 4 is 5.97 Å². The molecule has 0 aromatic carbocycles. The minimum Gasteiger partial charge on any atom is -0.465 e. The molecule has 0 radical (unpaired) electrons. The van der Waals surface area contributed by atoms with Crippen molar-refractivity contribution in [2.45, 2.75) is 45.3 Å². The Hall–Kier alpha value is -0.650. The molecular formula is C13H26N2O3. The molecule has 106 valence electrons. The van der Waals surface area contributed by atoms with Crippen molar-refractivity contribution in [1.29, 1.82) is 0 Å². The molecular weight excluding hydrogens is 232 g/mol. The molecule has 1 fully saturated rings. The van der Waals surface area contributed by atoms with Gasteiger partial charge in [0.25, 0.3) is 0 Å². The van der Waals surface area contributed by atoms with Crippen LogP contribution < -0.4 is 5.73 Å². The number of rotatable bonds is 7. The zero-order valence-corrected chi connectivity index (χ0v) is 11.6. The minimum atomic E-state index is -0.0935. The normalized spacial score (nSPS) is 22.7. The molecule has 5 heteroatoms. The van der Waals surface area contributed by atoms with Crippen LogP contribution in [0.4, 0.5) is 0 Å². The highest BCUT2D eigenvalue weighted by Gasteiger charge is 2.29. The number of ether oxygens (including phenoxy) is 2. The molecule has 0 bridgehead atoms. The molecule has 5 nitrogen and oxygen atoms in total. The number of nitrogens with two attached hydrogens (primary N) is 1. The molecule has 1 aliphatic heterocycles. The van der Waals surface area contributed by atoms with Crippen molar-refractivity contribution in [1.82, 2.24) is 4.90 Å². The standard InChI is InChI=1S/C13H26N2O3/c1-3-17-13(16)12-6-4-5-7-15(12)8-9-18-11(2)10-14/h11-12H,3-10,14H2,1-2H3. The lowest BCUT2D eigenvalue weighted by molar-refractivity contribution is -0.151. The Labute approximate surface area is 110 Å². The van der Waals surface area contributed by atoms with Gasteiger partial charge in [-0.15, -0.1) is 0 Å². The Morgan fingerprint density at radius 3 is 2.94 bits per heavy atom. The maximum atomic E-state index is 11.8. The second-order valence-corrected chi connectivity index (χ2v) is 4.72. The van der Waals surface area contributed by atoms with Crippen LogP contribution in [0.25, 0.3) is 0 Å². The molecule has 1 saturated heterocycles. The van der Waals surface area contributed by atoms with Gasteiger partial charge in [-0.25, -0.2) is 0 Å². The van der Waals surface area contributed by atoms with Gasteiger partial charge in [0, 0.05) is 13.1 Å². The number of carbonyl (C=O) groups excluding carboxylic acids is 1. The number of esters is 1. The van der Waals surface area contributed by atoms with E-state index in [9.17, 15) is 4.79 Å². The number of likely N-dealkylation sites (tertiary alicyclic amines) is 1. The van der Waals surface area contributed by atoms with E-state index in [1.807, 2.05) is 13.8 Å². The number of nitrogens with zero attached hydrogens (tertiary/aromatic N) is 1. The maximum Gasteiger partial charge on any atom is 0.323 e. The maximum absolute atomic E-state index is 11.8. The molecule has 0 aliphatic carbocycles. The summed E-state index contributed by atoms with van der Waals surface area (Å²) in [5.74, 6) is -0.0935. The summed E-state index contributed by atoms with van der Waals surface area (Å²) in [5.41, 5.74) is 5.49. The first kappa shape index (κ1) is 15.4. The van der Waals surface area contributed by atoms with E-state index in [1.54, 1.807) is 0 Å². The zero-order valence-electron chi connectivity index (χ0n) is 11.6. The van der Waals surface area contributed by atoms with E-state index >= 15 is 0 Å². The van der Waals surface area contributed by atoms with Gasteiger partial charge in [0.1, 0.15) is 6.04 Å². The Kier molecular flexibility index (Phi) is 7.23. The van der Waals surface area contributed by atoms with Crippen LogP contribution in [0.15, 0.2) is 0 Å². The highest BCUT2D eigenvalue weighted by Crippen LogP contribution is 2.17. The molecule has 0 aromatic heterocycles. The number of piperidine rings is 1. The van der Waals surface area contributed by atoms with Gasteiger partial charge in [-0.3, -0.25) is 9.69 Å². The van der Waals surface area contributed by atoms with Crippen LogP contribution in [-0.2, 0) is 14.3 Å². The summed E-state index contributed by atoms with van der Waals surface area (Å²) in [4.78, 5) is 14.0. The monoisotopic (exact) mass is 258 g/mol. The molecule has 2 atom stereocenters. The molecule has 18 heavy (non-hydrogen) atoms. The summed E-state index contributed by atoms with van der Waals surface area (Å²) >= 11 is 0. The molecule has 0 amide bonds. The van der Waals surface area contributed by atoms with Crippen molar-refractivity contribution in [3.05, 3.63) is 0 Å². The van der Waals surface area contributed by atoms with Crippen LogP contribution in [0.5, 0.6) is 0 Å². The van der Waals surface area contributed by atoms with E-state index in [-0.39, 0.29) is 18.1 Å². The Morgan fingerprint density at radius 2 is 2.28 bits per heavy atom. The van der Waals surface area contributed by atoms with Crippen molar-refractivity contribution in [3.63, 3.8) is 0 Å². The first-order valence-corrected chi connectivity index (χ1v) is 6.91.